The van der Waals surface area contributed by atoms with Crippen molar-refractivity contribution in [3.8, 4) is 0 Å². The van der Waals surface area contributed by atoms with Crippen LogP contribution < -0.4 is 5.32 Å². The SMILES string of the molecule is Cn1cc(CC(F)C2CCNCC2)nn1. The van der Waals surface area contributed by atoms with Gasteiger partial charge >= 0.3 is 0 Å². The van der Waals surface area contributed by atoms with Crippen LogP contribution in [-0.2, 0) is 13.5 Å². The lowest BCUT2D eigenvalue weighted by atomic mass is 9.91. The van der Waals surface area contributed by atoms with Gasteiger partial charge in [-0.2, -0.15) is 0 Å². The Hall–Kier alpha value is -0.970. The quantitative estimate of drug-likeness (QED) is 0.802. The fourth-order valence-electron chi connectivity index (χ4n) is 2.06. The van der Waals surface area contributed by atoms with E-state index in [4.69, 9.17) is 0 Å². The van der Waals surface area contributed by atoms with Gasteiger partial charge in [0.05, 0.1) is 5.69 Å². The fraction of sp³-hybridized carbons (Fsp3) is 0.800. The predicted molar refractivity (Wildman–Crippen MR) is 55.2 cm³/mol. The van der Waals surface area contributed by atoms with E-state index in [2.05, 4.69) is 15.6 Å². The summed E-state index contributed by atoms with van der Waals surface area (Å²) in [5.74, 6) is 0.188. The Morgan fingerprint density at radius 1 is 1.60 bits per heavy atom. The van der Waals surface area contributed by atoms with Gasteiger partial charge in [-0.1, -0.05) is 5.21 Å². The molecule has 0 radical (unpaired) electrons. The molecule has 0 spiro atoms. The third kappa shape index (κ3) is 2.75. The summed E-state index contributed by atoms with van der Waals surface area (Å²) in [5, 5.41) is 10.9. The second kappa shape index (κ2) is 4.70. The number of aryl methyl sites for hydroxylation is 1. The van der Waals surface area contributed by atoms with Gasteiger partial charge in [-0.25, -0.2) is 4.39 Å². The van der Waals surface area contributed by atoms with Gasteiger partial charge in [0.2, 0.25) is 0 Å². The van der Waals surface area contributed by atoms with Gasteiger partial charge in [-0.15, -0.1) is 5.10 Å². The molecule has 1 aliphatic rings. The molecule has 0 amide bonds. The molecule has 15 heavy (non-hydrogen) atoms. The maximum absolute atomic E-state index is 13.9. The van der Waals surface area contributed by atoms with Gasteiger partial charge < -0.3 is 5.32 Å². The normalized spacial score (nSPS) is 20.4. The van der Waals surface area contributed by atoms with Crippen molar-refractivity contribution < 1.29 is 4.39 Å². The molecule has 5 heteroatoms. The Bertz CT molecular complexity index is 306. The van der Waals surface area contributed by atoms with Crippen molar-refractivity contribution in [3.05, 3.63) is 11.9 Å². The first-order valence-corrected chi connectivity index (χ1v) is 5.45. The van der Waals surface area contributed by atoms with Crippen molar-refractivity contribution in [1.29, 1.82) is 0 Å². The highest BCUT2D eigenvalue weighted by molar-refractivity contribution is 4.95. The number of rotatable bonds is 3. The van der Waals surface area contributed by atoms with E-state index in [1.165, 1.54) is 0 Å². The van der Waals surface area contributed by atoms with Crippen LogP contribution in [0.5, 0.6) is 0 Å². The summed E-state index contributed by atoms with van der Waals surface area (Å²) in [5.41, 5.74) is 0.753. The Morgan fingerprint density at radius 3 is 2.93 bits per heavy atom. The molecule has 0 saturated carbocycles. The third-order valence-electron chi connectivity index (χ3n) is 2.95. The zero-order valence-electron chi connectivity index (χ0n) is 8.99. The lowest BCUT2D eigenvalue weighted by Crippen LogP contribution is -2.33. The summed E-state index contributed by atoms with van der Waals surface area (Å²) in [6, 6.07) is 0. The van der Waals surface area contributed by atoms with E-state index < -0.39 is 6.17 Å². The first-order valence-electron chi connectivity index (χ1n) is 5.45. The van der Waals surface area contributed by atoms with Crippen LogP contribution in [0.2, 0.25) is 0 Å². The maximum atomic E-state index is 13.9. The van der Waals surface area contributed by atoms with Crippen molar-refractivity contribution in [2.45, 2.75) is 25.4 Å². The second-order valence-corrected chi connectivity index (χ2v) is 4.19. The molecule has 1 aromatic heterocycles. The van der Waals surface area contributed by atoms with Gasteiger partial charge in [0, 0.05) is 19.7 Å². The predicted octanol–water partition coefficient (Wildman–Crippen LogP) is 0.695. The highest BCUT2D eigenvalue weighted by Gasteiger charge is 2.24. The van der Waals surface area contributed by atoms with E-state index in [0.29, 0.717) is 6.42 Å². The molecule has 0 aromatic carbocycles. The van der Waals surface area contributed by atoms with Gasteiger partial charge in [0.1, 0.15) is 6.17 Å². The molecule has 1 unspecified atom stereocenters. The molecule has 1 aliphatic heterocycles. The summed E-state index contributed by atoms with van der Waals surface area (Å²) in [6.07, 6.45) is 3.28. The topological polar surface area (TPSA) is 42.7 Å². The number of nitrogens with one attached hydrogen (secondary N) is 1. The van der Waals surface area contributed by atoms with Crippen LogP contribution in [0, 0.1) is 5.92 Å². The first kappa shape index (κ1) is 10.5. The number of hydrogen-bond acceptors (Lipinski definition) is 3. The lowest BCUT2D eigenvalue weighted by molar-refractivity contribution is 0.186. The van der Waals surface area contributed by atoms with E-state index in [1.807, 2.05) is 0 Å². The standard InChI is InChI=1S/C10H17FN4/c1-15-7-9(13-14-15)6-10(11)8-2-4-12-5-3-8/h7-8,10,12H,2-6H2,1H3. The zero-order valence-corrected chi connectivity index (χ0v) is 8.99. The molecule has 1 aromatic rings. The van der Waals surface area contributed by atoms with Gasteiger partial charge in [0.25, 0.3) is 0 Å². The van der Waals surface area contributed by atoms with Crippen LogP contribution in [-0.4, -0.2) is 34.3 Å². The van der Waals surface area contributed by atoms with Crippen molar-refractivity contribution in [3.63, 3.8) is 0 Å². The van der Waals surface area contributed by atoms with Gasteiger partial charge in [0.15, 0.2) is 0 Å². The minimum absolute atomic E-state index is 0.188. The van der Waals surface area contributed by atoms with Crippen LogP contribution in [0.4, 0.5) is 4.39 Å². The van der Waals surface area contributed by atoms with Crippen molar-refractivity contribution in [1.82, 2.24) is 20.3 Å². The second-order valence-electron chi connectivity index (χ2n) is 4.19. The van der Waals surface area contributed by atoms with E-state index >= 15 is 0 Å². The van der Waals surface area contributed by atoms with Crippen LogP contribution in [0.1, 0.15) is 18.5 Å². The monoisotopic (exact) mass is 212 g/mol. The van der Waals surface area contributed by atoms with E-state index in [9.17, 15) is 4.39 Å². The smallest absolute Gasteiger partial charge is 0.109 e. The average Bonchev–Trinajstić information content (AvgIpc) is 2.65. The van der Waals surface area contributed by atoms with Crippen molar-refractivity contribution >= 4 is 0 Å². The number of halogens is 1. The number of alkyl halides is 1. The molecule has 2 heterocycles. The van der Waals surface area contributed by atoms with E-state index in [0.717, 1.165) is 31.6 Å². The lowest BCUT2D eigenvalue weighted by Gasteiger charge is -2.25. The first-order chi connectivity index (χ1) is 7.25. The summed E-state index contributed by atoms with van der Waals surface area (Å²) >= 11 is 0. The van der Waals surface area contributed by atoms with Crippen LogP contribution in [0.3, 0.4) is 0 Å². The number of piperidine rings is 1. The van der Waals surface area contributed by atoms with Gasteiger partial charge in [-0.05, 0) is 31.8 Å². The Morgan fingerprint density at radius 2 is 2.33 bits per heavy atom. The largest absolute Gasteiger partial charge is 0.317 e. The summed E-state index contributed by atoms with van der Waals surface area (Å²) in [4.78, 5) is 0. The van der Waals surface area contributed by atoms with Gasteiger partial charge in [-0.3, -0.25) is 4.68 Å². The van der Waals surface area contributed by atoms with Crippen molar-refractivity contribution in [2.24, 2.45) is 13.0 Å². The minimum atomic E-state index is -0.774. The third-order valence-corrected chi connectivity index (χ3v) is 2.95. The maximum Gasteiger partial charge on any atom is 0.109 e. The molecule has 0 aliphatic carbocycles. The molecule has 1 saturated heterocycles. The molecule has 1 N–H and O–H groups in total. The molecule has 2 rings (SSSR count). The summed E-state index contributed by atoms with van der Waals surface area (Å²) < 4.78 is 15.5. The molecule has 0 bridgehead atoms. The van der Waals surface area contributed by atoms with Crippen LogP contribution >= 0.6 is 0 Å². The molecule has 84 valence electrons. The number of aromatic nitrogens is 3. The molecular weight excluding hydrogens is 195 g/mol. The van der Waals surface area contributed by atoms with E-state index in [-0.39, 0.29) is 5.92 Å². The Kier molecular flexibility index (Phi) is 3.30. The fourth-order valence-corrected chi connectivity index (χ4v) is 2.06. The van der Waals surface area contributed by atoms with Crippen LogP contribution in [0.25, 0.3) is 0 Å². The Balaban J connectivity index is 1.88. The number of nitrogens with zero attached hydrogens (tertiary/aromatic N) is 3. The molecule has 1 atom stereocenters. The van der Waals surface area contributed by atoms with Crippen molar-refractivity contribution in [2.75, 3.05) is 13.1 Å². The molecular formula is C10H17FN4. The minimum Gasteiger partial charge on any atom is -0.317 e. The van der Waals surface area contributed by atoms with E-state index in [1.54, 1.807) is 17.9 Å². The summed E-state index contributed by atoms with van der Waals surface area (Å²) in [7, 11) is 1.80. The molecule has 4 nitrogen and oxygen atoms in total. The number of hydrogen-bond donors (Lipinski definition) is 1. The summed E-state index contributed by atoms with van der Waals surface area (Å²) in [6.45, 7) is 1.87. The highest BCUT2D eigenvalue weighted by atomic mass is 19.1. The van der Waals surface area contributed by atoms with Crippen LogP contribution in [0.15, 0.2) is 6.20 Å². The zero-order chi connectivity index (χ0) is 10.7. The molecule has 1 fully saturated rings. The highest BCUT2D eigenvalue weighted by Crippen LogP contribution is 2.21. The Labute approximate surface area is 88.9 Å². The average molecular weight is 212 g/mol.